The topological polar surface area (TPSA) is 29.5 Å². The van der Waals surface area contributed by atoms with Gasteiger partial charge in [-0.25, -0.2) is 4.39 Å². The molecule has 0 aromatic heterocycles. The molecule has 1 saturated heterocycles. The van der Waals surface area contributed by atoms with E-state index in [1.165, 1.54) is 6.07 Å². The molecule has 1 amide bonds. The van der Waals surface area contributed by atoms with E-state index in [2.05, 4.69) is 0 Å². The van der Waals surface area contributed by atoms with Crippen LogP contribution in [0.2, 0.25) is 0 Å². The molecule has 0 aliphatic carbocycles. The average molecular weight is 285 g/mol. The number of para-hydroxylation sites is 1. The van der Waals surface area contributed by atoms with E-state index in [4.69, 9.17) is 4.74 Å². The first-order chi connectivity index (χ1) is 10.2. The lowest BCUT2D eigenvalue weighted by molar-refractivity contribution is 0.0771. The fourth-order valence-electron chi connectivity index (χ4n) is 2.49. The summed E-state index contributed by atoms with van der Waals surface area (Å²) in [4.78, 5) is 14.1. The molecule has 1 atom stereocenters. The van der Waals surface area contributed by atoms with Crippen molar-refractivity contribution in [1.82, 2.24) is 4.90 Å². The Balaban J connectivity index is 1.63. The molecule has 1 fully saturated rings. The molecular formula is C17H16FNO2. The first-order valence-electron chi connectivity index (χ1n) is 6.99. The van der Waals surface area contributed by atoms with Gasteiger partial charge in [0.05, 0.1) is 6.54 Å². The first-order valence-corrected chi connectivity index (χ1v) is 6.99. The quantitative estimate of drug-likeness (QED) is 0.867. The van der Waals surface area contributed by atoms with Crippen molar-refractivity contribution in [2.75, 3.05) is 13.1 Å². The van der Waals surface area contributed by atoms with Crippen LogP contribution in [0.3, 0.4) is 0 Å². The molecule has 0 bridgehead atoms. The van der Waals surface area contributed by atoms with Crippen LogP contribution in [-0.4, -0.2) is 30.0 Å². The zero-order valence-electron chi connectivity index (χ0n) is 11.5. The molecule has 2 aromatic rings. The Morgan fingerprint density at radius 3 is 2.57 bits per heavy atom. The Kier molecular flexibility index (Phi) is 3.86. The molecule has 21 heavy (non-hydrogen) atoms. The van der Waals surface area contributed by atoms with Gasteiger partial charge in [0.25, 0.3) is 5.91 Å². The molecule has 1 unspecified atom stereocenters. The number of hydrogen-bond acceptors (Lipinski definition) is 2. The molecule has 1 aliphatic rings. The van der Waals surface area contributed by atoms with Crippen molar-refractivity contribution < 1.29 is 13.9 Å². The minimum absolute atomic E-state index is 0.00441. The third-order valence-corrected chi connectivity index (χ3v) is 3.58. The Labute approximate surface area is 123 Å². The fourth-order valence-corrected chi connectivity index (χ4v) is 2.49. The molecule has 4 heteroatoms. The second-order valence-corrected chi connectivity index (χ2v) is 5.08. The maximum Gasteiger partial charge on any atom is 0.253 e. The van der Waals surface area contributed by atoms with Crippen LogP contribution >= 0.6 is 0 Å². The van der Waals surface area contributed by atoms with Crippen LogP contribution in [0, 0.1) is 5.82 Å². The van der Waals surface area contributed by atoms with Gasteiger partial charge < -0.3 is 9.64 Å². The predicted molar refractivity (Wildman–Crippen MR) is 77.8 cm³/mol. The van der Waals surface area contributed by atoms with Crippen molar-refractivity contribution in [1.29, 1.82) is 0 Å². The van der Waals surface area contributed by atoms with E-state index in [0.717, 1.165) is 0 Å². The van der Waals surface area contributed by atoms with Gasteiger partial charge in [-0.05, 0) is 24.3 Å². The Morgan fingerprint density at radius 1 is 1.10 bits per heavy atom. The number of carbonyl (C=O) groups is 1. The van der Waals surface area contributed by atoms with Gasteiger partial charge in [-0.1, -0.05) is 30.3 Å². The van der Waals surface area contributed by atoms with Crippen LogP contribution in [0.25, 0.3) is 0 Å². The van der Waals surface area contributed by atoms with Gasteiger partial charge in [-0.2, -0.15) is 0 Å². The molecule has 3 rings (SSSR count). The summed E-state index contributed by atoms with van der Waals surface area (Å²) in [6.07, 6.45) is 0.557. The lowest BCUT2D eigenvalue weighted by Crippen LogP contribution is -2.30. The summed E-state index contributed by atoms with van der Waals surface area (Å²) < 4.78 is 19.2. The lowest BCUT2D eigenvalue weighted by Gasteiger charge is -2.17. The molecule has 0 N–H and O–H groups in total. The molecule has 0 saturated carbocycles. The highest BCUT2D eigenvalue weighted by atomic mass is 19.1. The highest BCUT2D eigenvalue weighted by Gasteiger charge is 2.28. The third-order valence-electron chi connectivity index (χ3n) is 3.58. The molecule has 1 heterocycles. The number of rotatable bonds is 3. The van der Waals surface area contributed by atoms with E-state index in [1.807, 2.05) is 18.2 Å². The van der Waals surface area contributed by atoms with Crippen LogP contribution in [0.1, 0.15) is 16.8 Å². The van der Waals surface area contributed by atoms with E-state index in [9.17, 15) is 9.18 Å². The van der Waals surface area contributed by atoms with Crippen LogP contribution in [0.4, 0.5) is 4.39 Å². The van der Waals surface area contributed by atoms with Gasteiger partial charge in [-0.3, -0.25) is 4.79 Å². The van der Waals surface area contributed by atoms with E-state index >= 15 is 0 Å². The number of ether oxygens (including phenoxy) is 1. The second kappa shape index (κ2) is 5.95. The van der Waals surface area contributed by atoms with Gasteiger partial charge in [0.2, 0.25) is 0 Å². The van der Waals surface area contributed by atoms with E-state index in [0.29, 0.717) is 25.1 Å². The summed E-state index contributed by atoms with van der Waals surface area (Å²) >= 11 is 0. The molecule has 3 nitrogen and oxygen atoms in total. The Bertz CT molecular complexity index is 630. The summed E-state index contributed by atoms with van der Waals surface area (Å²) in [6.45, 7) is 1.12. The molecule has 108 valence electrons. The summed E-state index contributed by atoms with van der Waals surface area (Å²) in [5.74, 6) is -0.128. The van der Waals surface area contributed by atoms with Crippen molar-refractivity contribution in [3.8, 4) is 5.75 Å². The molecular weight excluding hydrogens is 269 g/mol. The zero-order valence-corrected chi connectivity index (χ0v) is 11.5. The smallest absolute Gasteiger partial charge is 0.253 e. The number of likely N-dealkylation sites (tertiary alicyclic amines) is 1. The second-order valence-electron chi connectivity index (χ2n) is 5.08. The highest BCUT2D eigenvalue weighted by molar-refractivity contribution is 5.94. The maximum atomic E-state index is 13.6. The SMILES string of the molecule is O=C(c1ccccc1)N1CCC(Oc2ccccc2F)C1. The lowest BCUT2D eigenvalue weighted by atomic mass is 10.2. The van der Waals surface area contributed by atoms with Gasteiger partial charge >= 0.3 is 0 Å². The summed E-state index contributed by atoms with van der Waals surface area (Å²) in [5.41, 5.74) is 0.670. The van der Waals surface area contributed by atoms with Crippen molar-refractivity contribution in [3.05, 3.63) is 66.0 Å². The minimum atomic E-state index is -0.370. The number of carbonyl (C=O) groups excluding carboxylic acids is 1. The van der Waals surface area contributed by atoms with Crippen LogP contribution in [0.5, 0.6) is 5.75 Å². The number of nitrogens with zero attached hydrogens (tertiary/aromatic N) is 1. The van der Waals surface area contributed by atoms with Crippen molar-refractivity contribution in [2.45, 2.75) is 12.5 Å². The molecule has 0 spiro atoms. The highest BCUT2D eigenvalue weighted by Crippen LogP contribution is 2.22. The molecule has 0 radical (unpaired) electrons. The minimum Gasteiger partial charge on any atom is -0.485 e. The van der Waals surface area contributed by atoms with Gasteiger partial charge in [0.15, 0.2) is 11.6 Å². The normalized spacial score (nSPS) is 17.8. The van der Waals surface area contributed by atoms with Crippen LogP contribution in [0.15, 0.2) is 54.6 Å². The summed E-state index contributed by atoms with van der Waals surface area (Å²) in [7, 11) is 0. The first kappa shape index (κ1) is 13.6. The third kappa shape index (κ3) is 3.05. The maximum absolute atomic E-state index is 13.6. The van der Waals surface area contributed by atoms with Crippen molar-refractivity contribution in [2.24, 2.45) is 0 Å². The predicted octanol–water partition coefficient (Wildman–Crippen LogP) is 3.12. The van der Waals surface area contributed by atoms with Crippen LogP contribution < -0.4 is 4.74 Å². The Hall–Kier alpha value is -2.36. The van der Waals surface area contributed by atoms with E-state index in [-0.39, 0.29) is 23.6 Å². The monoisotopic (exact) mass is 285 g/mol. The van der Waals surface area contributed by atoms with E-state index < -0.39 is 0 Å². The summed E-state index contributed by atoms with van der Waals surface area (Å²) in [5, 5.41) is 0. The van der Waals surface area contributed by atoms with Gasteiger partial charge in [0, 0.05) is 18.5 Å². The number of benzene rings is 2. The summed E-state index contributed by atoms with van der Waals surface area (Å²) in [6, 6.07) is 15.5. The zero-order chi connectivity index (χ0) is 14.7. The van der Waals surface area contributed by atoms with Gasteiger partial charge in [0.1, 0.15) is 6.10 Å². The standard InChI is InChI=1S/C17H16FNO2/c18-15-8-4-5-9-16(15)21-14-10-11-19(12-14)17(20)13-6-2-1-3-7-13/h1-9,14H,10-12H2. The number of halogens is 1. The fraction of sp³-hybridized carbons (Fsp3) is 0.235. The largest absolute Gasteiger partial charge is 0.485 e. The Morgan fingerprint density at radius 2 is 1.81 bits per heavy atom. The van der Waals surface area contributed by atoms with Crippen molar-refractivity contribution in [3.63, 3.8) is 0 Å². The number of hydrogen-bond donors (Lipinski definition) is 0. The van der Waals surface area contributed by atoms with Crippen molar-refractivity contribution >= 4 is 5.91 Å². The van der Waals surface area contributed by atoms with Crippen LogP contribution in [-0.2, 0) is 0 Å². The molecule has 1 aliphatic heterocycles. The van der Waals surface area contributed by atoms with E-state index in [1.54, 1.807) is 35.2 Å². The molecule has 2 aromatic carbocycles. The van der Waals surface area contributed by atoms with Gasteiger partial charge in [-0.15, -0.1) is 0 Å². The average Bonchev–Trinajstić information content (AvgIpc) is 2.98. The number of amides is 1.